The molecule has 0 fully saturated rings. The van der Waals surface area contributed by atoms with Crippen LogP contribution in [0.4, 0.5) is 11.4 Å². The number of benzene rings is 2. The van der Waals surface area contributed by atoms with E-state index >= 15 is 0 Å². The third-order valence-electron chi connectivity index (χ3n) is 4.97. The van der Waals surface area contributed by atoms with E-state index in [4.69, 9.17) is 13.9 Å². The van der Waals surface area contributed by atoms with Gasteiger partial charge < -0.3 is 24.1 Å². The summed E-state index contributed by atoms with van der Waals surface area (Å²) in [7, 11) is 0. The van der Waals surface area contributed by atoms with Crippen LogP contribution in [0.15, 0.2) is 65.3 Å². The molecule has 0 spiro atoms. The van der Waals surface area contributed by atoms with Gasteiger partial charge in [-0.3, -0.25) is 9.59 Å². The van der Waals surface area contributed by atoms with Crippen LogP contribution in [0.5, 0.6) is 11.5 Å². The Hall–Kier alpha value is -3.74. The Balaban J connectivity index is 1.35. The molecule has 1 aliphatic heterocycles. The molecule has 0 radical (unpaired) electrons. The monoisotopic (exact) mass is 420 g/mol. The van der Waals surface area contributed by atoms with E-state index < -0.39 is 0 Å². The van der Waals surface area contributed by atoms with Crippen molar-refractivity contribution >= 4 is 23.2 Å². The maximum atomic E-state index is 12.5. The van der Waals surface area contributed by atoms with Gasteiger partial charge in [0.2, 0.25) is 0 Å². The van der Waals surface area contributed by atoms with E-state index in [1.807, 2.05) is 31.2 Å². The molecule has 0 unspecified atom stereocenters. The lowest BCUT2D eigenvalue weighted by Gasteiger charge is -2.30. The molecule has 1 N–H and O–H groups in total. The molecule has 2 amide bonds. The van der Waals surface area contributed by atoms with E-state index in [1.165, 1.54) is 11.8 Å². The van der Waals surface area contributed by atoms with Crippen molar-refractivity contribution in [1.29, 1.82) is 0 Å². The summed E-state index contributed by atoms with van der Waals surface area (Å²) in [6, 6.07) is 16.4. The Morgan fingerprint density at radius 2 is 1.97 bits per heavy atom. The van der Waals surface area contributed by atoms with Crippen LogP contribution in [0.1, 0.15) is 29.0 Å². The first-order valence-corrected chi connectivity index (χ1v) is 10.2. The molecule has 7 heteroatoms. The van der Waals surface area contributed by atoms with Gasteiger partial charge in [-0.2, -0.15) is 0 Å². The summed E-state index contributed by atoms with van der Waals surface area (Å²) in [5, 5.41) is 2.78. The highest BCUT2D eigenvalue weighted by atomic mass is 16.5. The summed E-state index contributed by atoms with van der Waals surface area (Å²) >= 11 is 0. The first-order chi connectivity index (χ1) is 15.1. The summed E-state index contributed by atoms with van der Waals surface area (Å²) in [4.78, 5) is 26.4. The van der Waals surface area contributed by atoms with Crippen LogP contribution in [0.25, 0.3) is 0 Å². The second-order valence-electron chi connectivity index (χ2n) is 7.32. The normalized spacial score (nSPS) is 12.8. The lowest BCUT2D eigenvalue weighted by molar-refractivity contribution is -0.121. The van der Waals surface area contributed by atoms with Gasteiger partial charge in [0.15, 0.2) is 12.4 Å². The summed E-state index contributed by atoms with van der Waals surface area (Å²) in [6.45, 7) is 3.16. The molecule has 0 aliphatic carbocycles. The van der Waals surface area contributed by atoms with Crippen LogP contribution in [0.3, 0.4) is 0 Å². The van der Waals surface area contributed by atoms with Gasteiger partial charge >= 0.3 is 0 Å². The molecule has 0 atom stereocenters. The molecule has 0 saturated heterocycles. The van der Waals surface area contributed by atoms with Gasteiger partial charge in [-0.05, 0) is 62.2 Å². The van der Waals surface area contributed by atoms with Crippen LogP contribution < -0.4 is 19.7 Å². The highest BCUT2D eigenvalue weighted by molar-refractivity contribution is 6.03. The van der Waals surface area contributed by atoms with Crippen molar-refractivity contribution in [2.24, 2.45) is 0 Å². The van der Waals surface area contributed by atoms with Crippen molar-refractivity contribution in [3.05, 3.63) is 72.2 Å². The number of rotatable bonds is 8. The molecular weight excluding hydrogens is 396 g/mol. The van der Waals surface area contributed by atoms with Gasteiger partial charge in [0.05, 0.1) is 18.6 Å². The molecule has 7 nitrogen and oxygen atoms in total. The molecule has 3 aromatic rings. The van der Waals surface area contributed by atoms with Gasteiger partial charge in [0.1, 0.15) is 11.5 Å². The average molecular weight is 420 g/mol. The maximum Gasteiger partial charge on any atom is 0.291 e. The minimum absolute atomic E-state index is 0.00493. The molecular formula is C24H24N2O5. The van der Waals surface area contributed by atoms with Crippen molar-refractivity contribution < 1.29 is 23.5 Å². The quantitative estimate of drug-likeness (QED) is 0.546. The van der Waals surface area contributed by atoms with Crippen LogP contribution in [0.2, 0.25) is 0 Å². The number of unbranched alkanes of at least 4 members (excludes halogenated alkanes) is 1. The second kappa shape index (κ2) is 9.38. The lowest BCUT2D eigenvalue weighted by Crippen LogP contribution is -2.39. The average Bonchev–Trinajstić information content (AvgIpc) is 3.31. The van der Waals surface area contributed by atoms with E-state index in [2.05, 4.69) is 5.32 Å². The predicted molar refractivity (Wildman–Crippen MR) is 117 cm³/mol. The van der Waals surface area contributed by atoms with Crippen LogP contribution in [0, 0.1) is 6.92 Å². The number of nitrogens with zero attached hydrogens (tertiary/aromatic N) is 1. The fourth-order valence-corrected chi connectivity index (χ4v) is 3.32. The van der Waals surface area contributed by atoms with E-state index in [0.717, 1.165) is 18.6 Å². The highest BCUT2D eigenvalue weighted by Crippen LogP contribution is 2.35. The number of carbonyl (C=O) groups is 2. The van der Waals surface area contributed by atoms with Crippen molar-refractivity contribution in [3.8, 4) is 11.5 Å². The standard InChI is InChI=1S/C24H24N2O5/c1-17-6-9-19(10-7-17)29-13-3-2-12-26-20-15-18(8-11-21(20)31-16-23(26)27)25-24(28)22-5-4-14-30-22/h4-11,14-15H,2-3,12-13,16H2,1H3,(H,25,28). The van der Waals surface area contributed by atoms with Gasteiger partial charge in [-0.1, -0.05) is 17.7 Å². The molecule has 0 bridgehead atoms. The summed E-state index contributed by atoms with van der Waals surface area (Å²) < 4.78 is 16.4. The zero-order valence-electron chi connectivity index (χ0n) is 17.3. The molecule has 160 valence electrons. The minimum Gasteiger partial charge on any atom is -0.494 e. The van der Waals surface area contributed by atoms with E-state index in [0.29, 0.717) is 30.3 Å². The SMILES string of the molecule is Cc1ccc(OCCCCN2C(=O)COc3ccc(NC(=O)c4ccco4)cc32)cc1. The van der Waals surface area contributed by atoms with E-state index in [1.54, 1.807) is 35.2 Å². The van der Waals surface area contributed by atoms with Gasteiger partial charge in [-0.15, -0.1) is 0 Å². The number of fused-ring (bicyclic) bond motifs is 1. The Morgan fingerprint density at radius 1 is 1.13 bits per heavy atom. The summed E-state index contributed by atoms with van der Waals surface area (Å²) in [5.74, 6) is 1.21. The van der Waals surface area contributed by atoms with E-state index in [9.17, 15) is 9.59 Å². The fraction of sp³-hybridized carbons (Fsp3) is 0.250. The smallest absolute Gasteiger partial charge is 0.291 e. The number of anilines is 2. The predicted octanol–water partition coefficient (Wildman–Crippen LogP) is 4.42. The maximum absolute atomic E-state index is 12.5. The van der Waals surface area contributed by atoms with Crippen molar-refractivity contribution in [2.45, 2.75) is 19.8 Å². The third kappa shape index (κ3) is 5.06. The number of aryl methyl sites for hydroxylation is 1. The molecule has 1 aliphatic rings. The number of ether oxygens (including phenoxy) is 2. The minimum atomic E-state index is -0.354. The van der Waals surface area contributed by atoms with Crippen molar-refractivity contribution in [2.75, 3.05) is 30.0 Å². The number of amides is 2. The Kier molecular flexibility index (Phi) is 6.21. The summed E-state index contributed by atoms with van der Waals surface area (Å²) in [5.41, 5.74) is 2.40. The number of hydrogen-bond acceptors (Lipinski definition) is 5. The molecule has 2 aromatic carbocycles. The van der Waals surface area contributed by atoms with Crippen LogP contribution in [-0.4, -0.2) is 31.6 Å². The second-order valence-corrected chi connectivity index (χ2v) is 7.32. The van der Waals surface area contributed by atoms with E-state index in [-0.39, 0.29) is 24.2 Å². The summed E-state index contributed by atoms with van der Waals surface area (Å²) in [6.07, 6.45) is 3.03. The molecule has 1 aromatic heterocycles. The van der Waals surface area contributed by atoms with Crippen LogP contribution in [-0.2, 0) is 4.79 Å². The Labute approximate surface area is 180 Å². The highest BCUT2D eigenvalue weighted by Gasteiger charge is 2.25. The zero-order valence-corrected chi connectivity index (χ0v) is 17.3. The Morgan fingerprint density at radius 3 is 2.74 bits per heavy atom. The first kappa shape index (κ1) is 20.5. The first-order valence-electron chi connectivity index (χ1n) is 10.2. The topological polar surface area (TPSA) is 81.0 Å². The van der Waals surface area contributed by atoms with Gasteiger partial charge in [-0.25, -0.2) is 0 Å². The molecule has 4 rings (SSSR count). The van der Waals surface area contributed by atoms with Gasteiger partial charge in [0.25, 0.3) is 11.8 Å². The third-order valence-corrected chi connectivity index (χ3v) is 4.97. The molecule has 2 heterocycles. The van der Waals surface area contributed by atoms with Gasteiger partial charge in [0, 0.05) is 12.2 Å². The number of furan rings is 1. The molecule has 31 heavy (non-hydrogen) atoms. The van der Waals surface area contributed by atoms with Crippen LogP contribution >= 0.6 is 0 Å². The zero-order chi connectivity index (χ0) is 21.6. The largest absolute Gasteiger partial charge is 0.494 e. The van der Waals surface area contributed by atoms with Crippen molar-refractivity contribution in [3.63, 3.8) is 0 Å². The number of nitrogens with one attached hydrogen (secondary N) is 1. The molecule has 0 saturated carbocycles. The number of carbonyl (C=O) groups excluding carboxylic acids is 2. The lowest BCUT2D eigenvalue weighted by atomic mass is 10.2. The Bertz CT molecular complexity index is 1040. The van der Waals surface area contributed by atoms with Crippen molar-refractivity contribution in [1.82, 2.24) is 0 Å². The number of hydrogen-bond donors (Lipinski definition) is 1. The fourth-order valence-electron chi connectivity index (χ4n) is 3.32.